The maximum absolute atomic E-state index is 13.2. The first-order chi connectivity index (χ1) is 10.5. The van der Waals surface area contributed by atoms with E-state index in [1.807, 2.05) is 0 Å². The molecule has 0 amide bonds. The van der Waals surface area contributed by atoms with Gasteiger partial charge in [0.2, 0.25) is 10.0 Å². The van der Waals surface area contributed by atoms with Gasteiger partial charge in [-0.2, -0.15) is 0 Å². The van der Waals surface area contributed by atoms with E-state index in [-0.39, 0.29) is 16.8 Å². The Kier molecular flexibility index (Phi) is 4.54. The molecule has 0 radical (unpaired) electrons. The van der Waals surface area contributed by atoms with Crippen molar-refractivity contribution in [3.63, 3.8) is 0 Å². The fourth-order valence-corrected chi connectivity index (χ4v) is 4.75. The Hall–Kier alpha value is -0.950. The summed E-state index contributed by atoms with van der Waals surface area (Å²) in [5, 5.41) is -0.0462. The Bertz CT molecular complexity index is 685. The molecule has 0 N–H and O–H groups in total. The summed E-state index contributed by atoms with van der Waals surface area (Å²) >= 11 is 5.71. The number of benzene rings is 1. The molecule has 2 heterocycles. The van der Waals surface area contributed by atoms with E-state index in [9.17, 15) is 12.8 Å². The van der Waals surface area contributed by atoms with Gasteiger partial charge < -0.3 is 0 Å². The molecule has 1 aromatic rings. The predicted molar refractivity (Wildman–Crippen MR) is 84.7 cm³/mol. The standard InChI is InChI=1S/C15H18ClFN2O2S/c16-14-9-12(3-4-15(14)17)11-22(20,21)19-8-5-13(10-19)18-6-1-2-7-18/h1-4,9,13H,5-8,10-11H2/t13-/m0/s1. The third-order valence-corrected chi connectivity index (χ3v) is 6.32. The third kappa shape index (κ3) is 3.35. The SMILES string of the molecule is O=S(=O)(Cc1ccc(F)c(Cl)c1)N1CC[C@H](N2CC=CC2)C1. The lowest BCUT2D eigenvalue weighted by molar-refractivity contribution is 0.261. The number of rotatable bonds is 4. The second kappa shape index (κ2) is 6.28. The molecule has 1 saturated heterocycles. The van der Waals surface area contributed by atoms with Crippen molar-refractivity contribution >= 4 is 21.6 Å². The molecule has 1 atom stereocenters. The van der Waals surface area contributed by atoms with Gasteiger partial charge in [0.05, 0.1) is 10.8 Å². The molecular formula is C15H18ClFN2O2S. The fourth-order valence-electron chi connectivity index (χ4n) is 2.99. The van der Waals surface area contributed by atoms with Crippen molar-refractivity contribution in [2.45, 2.75) is 18.2 Å². The summed E-state index contributed by atoms with van der Waals surface area (Å²) in [6, 6.07) is 4.33. The second-order valence-corrected chi connectivity index (χ2v) is 8.11. The number of nitrogens with zero attached hydrogens (tertiary/aromatic N) is 2. The summed E-state index contributed by atoms with van der Waals surface area (Å²) in [6.07, 6.45) is 5.07. The fraction of sp³-hybridized carbons (Fsp3) is 0.467. The van der Waals surface area contributed by atoms with Crippen molar-refractivity contribution in [1.29, 1.82) is 0 Å². The molecular weight excluding hydrogens is 327 g/mol. The van der Waals surface area contributed by atoms with Gasteiger partial charge in [0, 0.05) is 32.2 Å². The lowest BCUT2D eigenvalue weighted by Crippen LogP contribution is -2.37. The van der Waals surface area contributed by atoms with Gasteiger partial charge in [0.1, 0.15) is 5.82 Å². The van der Waals surface area contributed by atoms with Crippen molar-refractivity contribution in [2.75, 3.05) is 26.2 Å². The van der Waals surface area contributed by atoms with Crippen LogP contribution in [0.25, 0.3) is 0 Å². The topological polar surface area (TPSA) is 40.6 Å². The smallest absolute Gasteiger partial charge is 0.218 e. The van der Waals surface area contributed by atoms with Crippen LogP contribution >= 0.6 is 11.6 Å². The largest absolute Gasteiger partial charge is 0.292 e. The van der Waals surface area contributed by atoms with E-state index < -0.39 is 15.8 Å². The highest BCUT2D eigenvalue weighted by Gasteiger charge is 2.34. The van der Waals surface area contributed by atoms with Gasteiger partial charge in [0.25, 0.3) is 0 Å². The summed E-state index contributed by atoms with van der Waals surface area (Å²) in [6.45, 7) is 2.86. The number of halogens is 2. The third-order valence-electron chi connectivity index (χ3n) is 4.22. The highest BCUT2D eigenvalue weighted by molar-refractivity contribution is 7.88. The van der Waals surface area contributed by atoms with Crippen LogP contribution in [-0.4, -0.2) is 49.8 Å². The lowest BCUT2D eigenvalue weighted by atomic mass is 10.2. The van der Waals surface area contributed by atoms with Gasteiger partial charge in [-0.1, -0.05) is 29.8 Å². The Balaban J connectivity index is 1.66. The van der Waals surface area contributed by atoms with E-state index in [0.29, 0.717) is 18.7 Å². The van der Waals surface area contributed by atoms with E-state index >= 15 is 0 Å². The Morgan fingerprint density at radius 1 is 1.27 bits per heavy atom. The molecule has 3 rings (SSSR count). The zero-order valence-corrected chi connectivity index (χ0v) is 13.7. The molecule has 120 valence electrons. The van der Waals surface area contributed by atoms with Crippen molar-refractivity contribution < 1.29 is 12.8 Å². The van der Waals surface area contributed by atoms with Crippen LogP contribution in [0.4, 0.5) is 4.39 Å². The highest BCUT2D eigenvalue weighted by Crippen LogP contribution is 2.24. The average Bonchev–Trinajstić information content (AvgIpc) is 3.12. The van der Waals surface area contributed by atoms with Crippen molar-refractivity contribution in [2.24, 2.45) is 0 Å². The Morgan fingerprint density at radius 2 is 2.00 bits per heavy atom. The Labute approximate surface area is 135 Å². The summed E-state index contributed by atoms with van der Waals surface area (Å²) < 4.78 is 39.7. The van der Waals surface area contributed by atoms with Crippen LogP contribution in [0.1, 0.15) is 12.0 Å². The molecule has 2 aliphatic heterocycles. The molecule has 0 aliphatic carbocycles. The summed E-state index contributed by atoms with van der Waals surface area (Å²) in [5.74, 6) is -0.677. The summed E-state index contributed by atoms with van der Waals surface area (Å²) in [4.78, 5) is 2.28. The minimum absolute atomic E-state index is 0.0462. The molecule has 1 aromatic carbocycles. The van der Waals surface area contributed by atoms with Gasteiger partial charge in [-0.15, -0.1) is 0 Å². The first-order valence-corrected chi connectivity index (χ1v) is 9.25. The average molecular weight is 345 g/mol. The van der Waals surface area contributed by atoms with E-state index in [0.717, 1.165) is 19.5 Å². The van der Waals surface area contributed by atoms with Gasteiger partial charge in [0.15, 0.2) is 0 Å². The van der Waals surface area contributed by atoms with Crippen LogP contribution in [-0.2, 0) is 15.8 Å². The van der Waals surface area contributed by atoms with Crippen molar-refractivity contribution in [3.05, 3.63) is 46.8 Å². The summed E-state index contributed by atoms with van der Waals surface area (Å²) in [5.41, 5.74) is 0.512. The van der Waals surface area contributed by atoms with Crippen LogP contribution in [0.2, 0.25) is 5.02 Å². The van der Waals surface area contributed by atoms with Crippen molar-refractivity contribution in [1.82, 2.24) is 9.21 Å². The molecule has 4 nitrogen and oxygen atoms in total. The quantitative estimate of drug-likeness (QED) is 0.787. The molecule has 0 spiro atoms. The van der Waals surface area contributed by atoms with Gasteiger partial charge in [-0.05, 0) is 24.1 Å². The van der Waals surface area contributed by atoms with Gasteiger partial charge >= 0.3 is 0 Å². The van der Waals surface area contributed by atoms with Gasteiger partial charge in [-0.3, -0.25) is 4.90 Å². The van der Waals surface area contributed by atoms with Crippen LogP contribution in [0.3, 0.4) is 0 Å². The van der Waals surface area contributed by atoms with E-state index in [2.05, 4.69) is 17.1 Å². The number of hydrogen-bond acceptors (Lipinski definition) is 3. The Morgan fingerprint density at radius 3 is 2.68 bits per heavy atom. The molecule has 0 unspecified atom stereocenters. The maximum Gasteiger partial charge on any atom is 0.218 e. The molecule has 7 heteroatoms. The van der Waals surface area contributed by atoms with Crippen LogP contribution in [0.15, 0.2) is 30.4 Å². The van der Waals surface area contributed by atoms with Crippen LogP contribution in [0, 0.1) is 5.82 Å². The predicted octanol–water partition coefficient (Wildman–Crippen LogP) is 2.26. The van der Waals surface area contributed by atoms with Crippen molar-refractivity contribution in [3.8, 4) is 0 Å². The number of sulfonamides is 1. The minimum Gasteiger partial charge on any atom is -0.292 e. The molecule has 0 aromatic heterocycles. The van der Waals surface area contributed by atoms with E-state index in [1.165, 1.54) is 22.5 Å². The second-order valence-electron chi connectivity index (χ2n) is 5.73. The molecule has 0 bridgehead atoms. The van der Waals surface area contributed by atoms with Gasteiger partial charge in [-0.25, -0.2) is 17.1 Å². The maximum atomic E-state index is 13.2. The molecule has 1 fully saturated rings. The van der Waals surface area contributed by atoms with Crippen LogP contribution in [0.5, 0.6) is 0 Å². The first kappa shape index (κ1) is 15.9. The minimum atomic E-state index is -3.40. The highest BCUT2D eigenvalue weighted by atomic mass is 35.5. The number of hydrogen-bond donors (Lipinski definition) is 0. The normalized spacial score (nSPS) is 23.5. The first-order valence-electron chi connectivity index (χ1n) is 7.26. The monoisotopic (exact) mass is 344 g/mol. The zero-order chi connectivity index (χ0) is 15.7. The molecule has 2 aliphatic rings. The molecule has 22 heavy (non-hydrogen) atoms. The van der Waals surface area contributed by atoms with E-state index in [1.54, 1.807) is 0 Å². The molecule has 0 saturated carbocycles. The summed E-state index contributed by atoms with van der Waals surface area (Å²) in [7, 11) is -3.40. The lowest BCUT2D eigenvalue weighted by Gasteiger charge is -2.23. The van der Waals surface area contributed by atoms with Crippen LogP contribution < -0.4 is 0 Å². The zero-order valence-electron chi connectivity index (χ0n) is 12.1. The van der Waals surface area contributed by atoms with E-state index in [4.69, 9.17) is 11.6 Å².